The number of hydrogen-bond acceptors (Lipinski definition) is 4. The molecular weight excluding hydrogens is 308 g/mol. The molecule has 23 heavy (non-hydrogen) atoms. The summed E-state index contributed by atoms with van der Waals surface area (Å²) in [5, 5.41) is 3.59. The van der Waals surface area contributed by atoms with E-state index in [1.54, 1.807) is 11.3 Å². The summed E-state index contributed by atoms with van der Waals surface area (Å²) in [5.41, 5.74) is 2.58. The van der Waals surface area contributed by atoms with Crippen LogP contribution in [-0.4, -0.2) is 23.6 Å². The predicted octanol–water partition coefficient (Wildman–Crippen LogP) is 3.94. The highest BCUT2D eigenvalue weighted by Gasteiger charge is 2.17. The highest BCUT2D eigenvalue weighted by atomic mass is 32.1. The second-order valence-corrected chi connectivity index (χ2v) is 7.07. The van der Waals surface area contributed by atoms with Gasteiger partial charge in [-0.3, -0.25) is 4.79 Å². The topological polar surface area (TPSA) is 51.2 Å². The first-order valence-corrected chi connectivity index (χ1v) is 8.93. The lowest BCUT2D eigenvalue weighted by molar-refractivity contribution is -0.116. The monoisotopic (exact) mass is 330 g/mol. The molecule has 0 saturated carbocycles. The van der Waals surface area contributed by atoms with Crippen LogP contribution < -0.4 is 5.32 Å². The Morgan fingerprint density at radius 1 is 1.43 bits per heavy atom. The Balaban J connectivity index is 1.50. The van der Waals surface area contributed by atoms with Crippen molar-refractivity contribution >= 4 is 22.4 Å². The third kappa shape index (κ3) is 4.62. The van der Waals surface area contributed by atoms with E-state index in [1.807, 2.05) is 12.3 Å². The van der Waals surface area contributed by atoms with Crippen LogP contribution in [0.4, 0.5) is 5.13 Å². The van der Waals surface area contributed by atoms with Crippen LogP contribution in [0.5, 0.6) is 0 Å². The Labute approximate surface area is 140 Å². The van der Waals surface area contributed by atoms with Gasteiger partial charge in [0, 0.05) is 30.5 Å². The number of aromatic nitrogens is 1. The molecule has 0 unspecified atom stereocenters. The number of amides is 1. The lowest BCUT2D eigenvalue weighted by Gasteiger charge is -2.08. The van der Waals surface area contributed by atoms with E-state index in [9.17, 15) is 4.79 Å². The van der Waals surface area contributed by atoms with Gasteiger partial charge in [0.15, 0.2) is 5.13 Å². The molecule has 0 bridgehead atoms. The Morgan fingerprint density at radius 3 is 3.09 bits per heavy atom. The lowest BCUT2D eigenvalue weighted by Crippen LogP contribution is -2.15. The summed E-state index contributed by atoms with van der Waals surface area (Å²) in [5.74, 6) is 0.0253. The zero-order valence-corrected chi connectivity index (χ0v) is 14.2. The van der Waals surface area contributed by atoms with E-state index >= 15 is 0 Å². The van der Waals surface area contributed by atoms with E-state index in [1.165, 1.54) is 11.1 Å². The van der Waals surface area contributed by atoms with Crippen LogP contribution in [0.3, 0.4) is 0 Å². The van der Waals surface area contributed by atoms with Crippen molar-refractivity contribution < 1.29 is 9.53 Å². The summed E-state index contributed by atoms with van der Waals surface area (Å²) in [6, 6.07) is 8.35. The molecule has 2 aromatic rings. The van der Waals surface area contributed by atoms with Crippen molar-refractivity contribution in [1.29, 1.82) is 0 Å². The number of thiazole rings is 1. The second-order valence-electron chi connectivity index (χ2n) is 5.96. The summed E-state index contributed by atoms with van der Waals surface area (Å²) < 4.78 is 5.54. The fourth-order valence-corrected chi connectivity index (χ4v) is 3.64. The molecule has 1 saturated heterocycles. The average Bonchev–Trinajstić information content (AvgIpc) is 3.19. The highest BCUT2D eigenvalue weighted by molar-refractivity contribution is 7.15. The molecule has 2 heterocycles. The molecule has 5 heteroatoms. The number of nitrogens with zero attached hydrogens (tertiary/aromatic N) is 1. The summed E-state index contributed by atoms with van der Waals surface area (Å²) in [6.45, 7) is 2.95. The van der Waals surface area contributed by atoms with Gasteiger partial charge in [-0.2, -0.15) is 0 Å². The highest BCUT2D eigenvalue weighted by Crippen LogP contribution is 2.23. The van der Waals surface area contributed by atoms with Gasteiger partial charge in [0.05, 0.1) is 6.10 Å². The molecule has 1 N–H and O–H groups in total. The molecule has 122 valence electrons. The molecule has 0 aliphatic carbocycles. The van der Waals surface area contributed by atoms with Crippen LogP contribution in [-0.2, 0) is 16.0 Å². The van der Waals surface area contributed by atoms with Crippen LogP contribution in [0, 0.1) is 6.92 Å². The van der Waals surface area contributed by atoms with Crippen LogP contribution >= 0.6 is 11.3 Å². The number of hydrogen-bond donors (Lipinski definition) is 1. The van der Waals surface area contributed by atoms with E-state index < -0.39 is 0 Å². The molecule has 1 aliphatic heterocycles. The van der Waals surface area contributed by atoms with Gasteiger partial charge in [-0.1, -0.05) is 24.3 Å². The van der Waals surface area contributed by atoms with Crippen molar-refractivity contribution in [3.8, 4) is 0 Å². The average molecular weight is 330 g/mol. The molecule has 0 spiro atoms. The first-order valence-electron chi connectivity index (χ1n) is 8.11. The van der Waals surface area contributed by atoms with Gasteiger partial charge in [0.25, 0.3) is 0 Å². The standard InChI is InChI=1S/C18H22N2O2S/c1-13-5-2-3-6-14(13)11-16-12-19-18(23-16)20-17(21)9-8-15-7-4-10-22-15/h2-3,5-6,12,15H,4,7-11H2,1H3,(H,19,20,21)/t15-/m0/s1. The van der Waals surface area contributed by atoms with Crippen molar-refractivity contribution in [2.75, 3.05) is 11.9 Å². The van der Waals surface area contributed by atoms with Crippen LogP contribution in [0.1, 0.15) is 41.7 Å². The van der Waals surface area contributed by atoms with Crippen molar-refractivity contribution in [3.05, 3.63) is 46.5 Å². The Hall–Kier alpha value is -1.72. The van der Waals surface area contributed by atoms with Crippen LogP contribution in [0.25, 0.3) is 0 Å². The minimum Gasteiger partial charge on any atom is -0.378 e. The summed E-state index contributed by atoms with van der Waals surface area (Å²) >= 11 is 1.55. The molecule has 3 rings (SSSR count). The number of carbonyl (C=O) groups is 1. The molecule has 0 radical (unpaired) electrons. The molecule has 1 aromatic heterocycles. The predicted molar refractivity (Wildman–Crippen MR) is 92.9 cm³/mol. The summed E-state index contributed by atoms with van der Waals surface area (Å²) in [6.07, 6.45) is 6.45. The summed E-state index contributed by atoms with van der Waals surface area (Å²) in [4.78, 5) is 17.5. The zero-order chi connectivity index (χ0) is 16.1. The van der Waals surface area contributed by atoms with Crippen molar-refractivity contribution in [2.45, 2.75) is 45.1 Å². The van der Waals surface area contributed by atoms with Crippen LogP contribution in [0.2, 0.25) is 0 Å². The van der Waals surface area contributed by atoms with Gasteiger partial charge in [0.2, 0.25) is 5.91 Å². The molecule has 1 amide bonds. The first kappa shape index (κ1) is 16.1. The third-order valence-electron chi connectivity index (χ3n) is 4.14. The van der Waals surface area contributed by atoms with E-state index in [2.05, 4.69) is 35.4 Å². The largest absolute Gasteiger partial charge is 0.378 e. The molecule has 1 fully saturated rings. The smallest absolute Gasteiger partial charge is 0.226 e. The minimum atomic E-state index is 0.0253. The van der Waals surface area contributed by atoms with E-state index in [-0.39, 0.29) is 12.0 Å². The lowest BCUT2D eigenvalue weighted by atomic mass is 10.1. The Morgan fingerprint density at radius 2 is 2.30 bits per heavy atom. The van der Waals surface area contributed by atoms with Gasteiger partial charge >= 0.3 is 0 Å². The number of nitrogens with one attached hydrogen (secondary N) is 1. The van der Waals surface area contributed by atoms with E-state index in [0.717, 1.165) is 37.2 Å². The van der Waals surface area contributed by atoms with Crippen molar-refractivity contribution in [2.24, 2.45) is 0 Å². The molecule has 4 nitrogen and oxygen atoms in total. The number of carbonyl (C=O) groups excluding carboxylic acids is 1. The van der Waals surface area contributed by atoms with Gasteiger partial charge in [0.1, 0.15) is 0 Å². The first-order chi connectivity index (χ1) is 11.2. The normalized spacial score (nSPS) is 17.3. The number of aryl methyl sites for hydroxylation is 1. The Bertz CT molecular complexity index is 663. The van der Waals surface area contributed by atoms with E-state index in [0.29, 0.717) is 11.6 Å². The van der Waals surface area contributed by atoms with Gasteiger partial charge in [-0.25, -0.2) is 4.98 Å². The van der Waals surface area contributed by atoms with Gasteiger partial charge in [-0.15, -0.1) is 11.3 Å². The summed E-state index contributed by atoms with van der Waals surface area (Å²) in [7, 11) is 0. The maximum Gasteiger partial charge on any atom is 0.226 e. The van der Waals surface area contributed by atoms with Gasteiger partial charge < -0.3 is 10.1 Å². The third-order valence-corrected chi connectivity index (χ3v) is 5.06. The maximum atomic E-state index is 12.0. The number of rotatable bonds is 6. The SMILES string of the molecule is Cc1ccccc1Cc1cnc(NC(=O)CC[C@@H]2CCCO2)s1. The quantitative estimate of drug-likeness (QED) is 0.873. The molecule has 1 atom stereocenters. The van der Waals surface area contributed by atoms with E-state index in [4.69, 9.17) is 4.74 Å². The minimum absolute atomic E-state index is 0.0253. The van der Waals surface area contributed by atoms with Crippen LogP contribution in [0.15, 0.2) is 30.5 Å². The fourth-order valence-electron chi connectivity index (χ4n) is 2.79. The molecule has 1 aliphatic rings. The fraction of sp³-hybridized carbons (Fsp3) is 0.444. The number of anilines is 1. The zero-order valence-electron chi connectivity index (χ0n) is 13.4. The van der Waals surface area contributed by atoms with Crippen molar-refractivity contribution in [3.63, 3.8) is 0 Å². The molecular formula is C18H22N2O2S. The Kier molecular flexibility index (Phi) is 5.41. The second kappa shape index (κ2) is 7.70. The molecule has 1 aromatic carbocycles. The number of ether oxygens (including phenoxy) is 1. The maximum absolute atomic E-state index is 12.0. The van der Waals surface area contributed by atoms with Gasteiger partial charge in [-0.05, 0) is 37.3 Å². The van der Waals surface area contributed by atoms with Crippen molar-refractivity contribution in [1.82, 2.24) is 4.98 Å². The number of benzene rings is 1.